The summed E-state index contributed by atoms with van der Waals surface area (Å²) in [5, 5.41) is 4.81. The highest BCUT2D eigenvalue weighted by molar-refractivity contribution is 6.13. The van der Waals surface area contributed by atoms with Crippen molar-refractivity contribution in [3.8, 4) is 67.8 Å². The number of pyridine rings is 1. The molecule has 0 N–H and O–H groups in total. The Labute approximate surface area is 290 Å². The van der Waals surface area contributed by atoms with Crippen LogP contribution in [0, 0.1) is 0 Å². The molecule has 0 atom stereocenters. The predicted molar refractivity (Wildman–Crippen MR) is 205 cm³/mol. The van der Waals surface area contributed by atoms with Crippen molar-refractivity contribution in [1.82, 2.24) is 19.9 Å². The molecule has 0 amide bonds. The Morgan fingerprint density at radius 1 is 0.260 bits per heavy atom. The van der Waals surface area contributed by atoms with Crippen LogP contribution in [0.3, 0.4) is 0 Å². The Hall–Kier alpha value is -6.78. The summed E-state index contributed by atoms with van der Waals surface area (Å²) in [6, 6.07) is 62.8. The van der Waals surface area contributed by atoms with Gasteiger partial charge < -0.3 is 0 Å². The molecule has 7 aromatic carbocycles. The highest BCUT2D eigenvalue weighted by Crippen LogP contribution is 2.38. The standard InChI is InChI=1S/C46H30N4/c1-4-15-31(16-5-1)34-27-28-39(46-49-44(32-17-6-2-7-18-32)48-45(50-46)33-19-8-3-9-20-33)41(29-34)43-26-14-25-42(47-43)40-30-35-21-10-11-22-36(35)37-23-12-13-24-38(37)40/h1-30H. The first kappa shape index (κ1) is 29.4. The smallest absolute Gasteiger partial charge is 0.164 e. The van der Waals surface area contributed by atoms with Crippen LogP contribution in [0.25, 0.3) is 89.4 Å². The molecular formula is C46H30N4. The number of hydrogen-bond acceptors (Lipinski definition) is 4. The third-order valence-electron chi connectivity index (χ3n) is 9.14. The minimum atomic E-state index is 0.593. The van der Waals surface area contributed by atoms with E-state index in [0.29, 0.717) is 17.5 Å². The highest BCUT2D eigenvalue weighted by atomic mass is 15.0. The van der Waals surface area contributed by atoms with Gasteiger partial charge in [-0.05, 0) is 63.0 Å². The van der Waals surface area contributed by atoms with Gasteiger partial charge in [0.1, 0.15) is 0 Å². The van der Waals surface area contributed by atoms with Crippen LogP contribution < -0.4 is 0 Å². The van der Waals surface area contributed by atoms with Crippen molar-refractivity contribution in [3.05, 3.63) is 182 Å². The molecule has 234 valence electrons. The second-order valence-corrected chi connectivity index (χ2v) is 12.3. The van der Waals surface area contributed by atoms with Crippen LogP contribution in [0.15, 0.2) is 182 Å². The van der Waals surface area contributed by atoms with Crippen molar-refractivity contribution < 1.29 is 0 Å². The molecule has 0 bridgehead atoms. The largest absolute Gasteiger partial charge is 0.248 e. The van der Waals surface area contributed by atoms with Crippen molar-refractivity contribution in [1.29, 1.82) is 0 Å². The Balaban J connectivity index is 1.27. The second kappa shape index (κ2) is 12.7. The fourth-order valence-corrected chi connectivity index (χ4v) is 6.69. The molecule has 0 unspecified atom stereocenters. The topological polar surface area (TPSA) is 51.6 Å². The molecule has 2 aromatic heterocycles. The molecule has 0 aliphatic heterocycles. The number of aromatic nitrogens is 4. The fourth-order valence-electron chi connectivity index (χ4n) is 6.69. The molecule has 9 aromatic rings. The maximum Gasteiger partial charge on any atom is 0.164 e. The summed E-state index contributed by atoms with van der Waals surface area (Å²) in [4.78, 5) is 20.5. The van der Waals surface area contributed by atoms with Crippen LogP contribution in [-0.4, -0.2) is 19.9 Å². The molecule has 4 heteroatoms. The molecule has 50 heavy (non-hydrogen) atoms. The zero-order chi connectivity index (χ0) is 33.3. The quantitative estimate of drug-likeness (QED) is 0.170. The lowest BCUT2D eigenvalue weighted by molar-refractivity contribution is 1.07. The summed E-state index contributed by atoms with van der Waals surface area (Å²) in [5.41, 5.74) is 8.76. The molecule has 2 heterocycles. The molecule has 0 saturated carbocycles. The first-order chi connectivity index (χ1) is 24.8. The van der Waals surface area contributed by atoms with Gasteiger partial charge in [-0.2, -0.15) is 0 Å². The first-order valence-corrected chi connectivity index (χ1v) is 16.7. The Bertz CT molecular complexity index is 2580. The maximum atomic E-state index is 5.38. The molecular weight excluding hydrogens is 609 g/mol. The van der Waals surface area contributed by atoms with E-state index < -0.39 is 0 Å². The molecule has 9 rings (SSSR count). The summed E-state index contributed by atoms with van der Waals surface area (Å²) in [5.74, 6) is 1.84. The lowest BCUT2D eigenvalue weighted by atomic mass is 9.94. The van der Waals surface area contributed by atoms with E-state index in [9.17, 15) is 0 Å². The van der Waals surface area contributed by atoms with Gasteiger partial charge in [-0.1, -0.05) is 152 Å². The van der Waals surface area contributed by atoms with Gasteiger partial charge in [0.05, 0.1) is 11.4 Å². The summed E-state index contributed by atoms with van der Waals surface area (Å²) in [6.07, 6.45) is 0. The number of rotatable bonds is 6. The van der Waals surface area contributed by atoms with Gasteiger partial charge in [0.15, 0.2) is 17.5 Å². The van der Waals surface area contributed by atoms with Crippen LogP contribution in [0.4, 0.5) is 0 Å². The van der Waals surface area contributed by atoms with E-state index in [4.69, 9.17) is 19.9 Å². The summed E-state index contributed by atoms with van der Waals surface area (Å²) >= 11 is 0. The van der Waals surface area contributed by atoms with E-state index in [1.54, 1.807) is 0 Å². The molecule has 4 nitrogen and oxygen atoms in total. The number of benzene rings is 7. The second-order valence-electron chi connectivity index (χ2n) is 12.3. The molecule has 0 aliphatic carbocycles. The average Bonchev–Trinajstić information content (AvgIpc) is 3.21. The third kappa shape index (κ3) is 5.49. The van der Waals surface area contributed by atoms with Crippen LogP contribution >= 0.6 is 0 Å². The van der Waals surface area contributed by atoms with Gasteiger partial charge in [0.2, 0.25) is 0 Å². The van der Waals surface area contributed by atoms with E-state index in [1.807, 2.05) is 66.7 Å². The lowest BCUT2D eigenvalue weighted by Crippen LogP contribution is -2.01. The van der Waals surface area contributed by atoms with Crippen molar-refractivity contribution in [2.45, 2.75) is 0 Å². The van der Waals surface area contributed by atoms with Crippen LogP contribution in [0.1, 0.15) is 0 Å². The minimum Gasteiger partial charge on any atom is -0.248 e. The van der Waals surface area contributed by atoms with E-state index in [2.05, 4.69) is 115 Å². The van der Waals surface area contributed by atoms with Crippen molar-refractivity contribution in [2.24, 2.45) is 0 Å². The van der Waals surface area contributed by atoms with Gasteiger partial charge in [0, 0.05) is 27.8 Å². The maximum absolute atomic E-state index is 5.38. The van der Waals surface area contributed by atoms with Crippen LogP contribution in [-0.2, 0) is 0 Å². The Kier molecular flexibility index (Phi) is 7.45. The normalized spacial score (nSPS) is 11.2. The van der Waals surface area contributed by atoms with Gasteiger partial charge in [-0.15, -0.1) is 0 Å². The molecule has 0 fully saturated rings. The summed E-state index contributed by atoms with van der Waals surface area (Å²) in [6.45, 7) is 0. The number of fused-ring (bicyclic) bond motifs is 3. The van der Waals surface area contributed by atoms with Gasteiger partial charge >= 0.3 is 0 Å². The monoisotopic (exact) mass is 638 g/mol. The molecule has 0 spiro atoms. The SMILES string of the molecule is c1ccc(-c2ccc(-c3nc(-c4ccccc4)nc(-c4ccccc4)n3)c(-c3cccc(-c4cc5ccccc5c5ccccc45)n3)c2)cc1. The third-order valence-corrected chi connectivity index (χ3v) is 9.14. The minimum absolute atomic E-state index is 0.593. The van der Waals surface area contributed by atoms with E-state index in [-0.39, 0.29) is 0 Å². The molecule has 0 aliphatic rings. The highest BCUT2D eigenvalue weighted by Gasteiger charge is 2.18. The van der Waals surface area contributed by atoms with Gasteiger partial charge in [-0.25, -0.2) is 19.9 Å². The Morgan fingerprint density at radius 2 is 0.780 bits per heavy atom. The molecule has 0 saturated heterocycles. The van der Waals surface area contributed by atoms with Crippen LogP contribution in [0.2, 0.25) is 0 Å². The van der Waals surface area contributed by atoms with Gasteiger partial charge in [-0.3, -0.25) is 0 Å². The van der Waals surface area contributed by atoms with E-state index in [1.165, 1.54) is 21.5 Å². The summed E-state index contributed by atoms with van der Waals surface area (Å²) < 4.78 is 0. The Morgan fingerprint density at radius 3 is 1.44 bits per heavy atom. The average molecular weight is 639 g/mol. The summed E-state index contributed by atoms with van der Waals surface area (Å²) in [7, 11) is 0. The van der Waals surface area contributed by atoms with Gasteiger partial charge in [0.25, 0.3) is 0 Å². The van der Waals surface area contributed by atoms with Crippen molar-refractivity contribution in [3.63, 3.8) is 0 Å². The zero-order valence-corrected chi connectivity index (χ0v) is 27.1. The van der Waals surface area contributed by atoms with Crippen molar-refractivity contribution in [2.75, 3.05) is 0 Å². The molecule has 0 radical (unpaired) electrons. The van der Waals surface area contributed by atoms with Crippen LogP contribution in [0.5, 0.6) is 0 Å². The number of nitrogens with zero attached hydrogens (tertiary/aromatic N) is 4. The zero-order valence-electron chi connectivity index (χ0n) is 27.1. The van der Waals surface area contributed by atoms with Crippen molar-refractivity contribution >= 4 is 21.5 Å². The fraction of sp³-hybridized carbons (Fsp3) is 0. The lowest BCUT2D eigenvalue weighted by Gasteiger charge is -2.15. The predicted octanol–water partition coefficient (Wildman–Crippen LogP) is 11.6. The van der Waals surface area contributed by atoms with E-state index in [0.717, 1.165) is 50.3 Å². The van der Waals surface area contributed by atoms with E-state index >= 15 is 0 Å². The number of hydrogen-bond donors (Lipinski definition) is 0. The first-order valence-electron chi connectivity index (χ1n) is 16.7.